The number of phenols is 1. The molecule has 0 saturated heterocycles. The minimum atomic E-state index is -2.01. The second-order valence-corrected chi connectivity index (χ2v) is 6.73. The summed E-state index contributed by atoms with van der Waals surface area (Å²) < 4.78 is 53.9. The molecule has 0 spiro atoms. The van der Waals surface area contributed by atoms with Gasteiger partial charge in [0.1, 0.15) is 11.3 Å². The van der Waals surface area contributed by atoms with Gasteiger partial charge < -0.3 is 15.7 Å². The molecular formula is C20H12ClF4N3O3. The van der Waals surface area contributed by atoms with E-state index in [0.717, 1.165) is 17.7 Å². The van der Waals surface area contributed by atoms with Crippen LogP contribution in [0.15, 0.2) is 36.4 Å². The van der Waals surface area contributed by atoms with Crippen molar-refractivity contribution in [3.05, 3.63) is 81.6 Å². The summed E-state index contributed by atoms with van der Waals surface area (Å²) in [4.78, 5) is 26.8. The van der Waals surface area contributed by atoms with Crippen LogP contribution in [-0.4, -0.2) is 21.9 Å². The van der Waals surface area contributed by atoms with Crippen molar-refractivity contribution in [3.63, 3.8) is 0 Å². The van der Waals surface area contributed by atoms with E-state index in [4.69, 9.17) is 11.6 Å². The largest absolute Gasteiger partial charge is 0.506 e. The molecule has 160 valence electrons. The maximum Gasteiger partial charge on any atom is 0.262 e. The van der Waals surface area contributed by atoms with E-state index < -0.39 is 46.7 Å². The van der Waals surface area contributed by atoms with Gasteiger partial charge in [-0.1, -0.05) is 29.3 Å². The Morgan fingerprint density at radius 1 is 0.903 bits per heavy atom. The molecule has 0 unspecified atom stereocenters. The summed E-state index contributed by atoms with van der Waals surface area (Å²) in [6.45, 7) is 1.84. The summed E-state index contributed by atoms with van der Waals surface area (Å²) >= 11 is 6.00. The highest BCUT2D eigenvalue weighted by atomic mass is 35.5. The molecule has 2 aromatic carbocycles. The first kappa shape index (κ1) is 22.0. The first-order valence-corrected chi connectivity index (χ1v) is 8.88. The summed E-state index contributed by atoms with van der Waals surface area (Å²) in [6, 6.07) is 8.50. The smallest absolute Gasteiger partial charge is 0.262 e. The number of aryl methyl sites for hydroxylation is 1. The first-order chi connectivity index (χ1) is 14.6. The number of aromatic nitrogens is 1. The SMILES string of the molecule is Cc1ccc(C(=O)Nc2cc(Cl)c(NC(=O)c3c(F)c(F)nc(F)c3F)cc2O)cc1. The number of carbonyl (C=O) groups is 2. The van der Waals surface area contributed by atoms with Crippen molar-refractivity contribution in [2.24, 2.45) is 0 Å². The summed E-state index contributed by atoms with van der Waals surface area (Å²) in [5.74, 6) is -10.7. The lowest BCUT2D eigenvalue weighted by molar-refractivity contribution is 0.101. The van der Waals surface area contributed by atoms with E-state index in [2.05, 4.69) is 10.3 Å². The summed E-state index contributed by atoms with van der Waals surface area (Å²) in [7, 11) is 0. The maximum atomic E-state index is 13.7. The molecule has 1 aromatic heterocycles. The minimum absolute atomic E-state index is 0.119. The van der Waals surface area contributed by atoms with E-state index in [1.54, 1.807) is 24.3 Å². The molecule has 3 N–H and O–H groups in total. The van der Waals surface area contributed by atoms with Crippen LogP contribution in [0.5, 0.6) is 5.75 Å². The molecule has 1 heterocycles. The number of halogens is 5. The van der Waals surface area contributed by atoms with Crippen molar-refractivity contribution in [2.75, 3.05) is 10.6 Å². The van der Waals surface area contributed by atoms with Crippen LogP contribution in [-0.2, 0) is 0 Å². The number of rotatable bonds is 4. The highest BCUT2D eigenvalue weighted by Crippen LogP contribution is 2.34. The second kappa shape index (κ2) is 8.60. The van der Waals surface area contributed by atoms with Crippen LogP contribution >= 0.6 is 11.6 Å². The van der Waals surface area contributed by atoms with E-state index >= 15 is 0 Å². The monoisotopic (exact) mass is 453 g/mol. The second-order valence-electron chi connectivity index (χ2n) is 6.32. The number of aromatic hydroxyl groups is 1. The van der Waals surface area contributed by atoms with Crippen LogP contribution in [0.3, 0.4) is 0 Å². The molecule has 2 amide bonds. The Morgan fingerprint density at radius 2 is 1.45 bits per heavy atom. The lowest BCUT2D eigenvalue weighted by Crippen LogP contribution is -2.19. The highest BCUT2D eigenvalue weighted by molar-refractivity contribution is 6.34. The maximum absolute atomic E-state index is 13.7. The van der Waals surface area contributed by atoms with Gasteiger partial charge in [-0.05, 0) is 25.1 Å². The van der Waals surface area contributed by atoms with Crippen LogP contribution in [0.2, 0.25) is 5.02 Å². The molecule has 0 bridgehead atoms. The quantitative estimate of drug-likeness (QED) is 0.300. The van der Waals surface area contributed by atoms with Gasteiger partial charge in [0.25, 0.3) is 23.7 Å². The Morgan fingerprint density at radius 3 is 2.03 bits per heavy atom. The number of anilines is 2. The van der Waals surface area contributed by atoms with Crippen LogP contribution in [0, 0.1) is 30.5 Å². The van der Waals surface area contributed by atoms with Gasteiger partial charge in [0, 0.05) is 11.6 Å². The zero-order valence-electron chi connectivity index (χ0n) is 15.6. The van der Waals surface area contributed by atoms with E-state index in [9.17, 15) is 32.3 Å². The van der Waals surface area contributed by atoms with Gasteiger partial charge in [-0.25, -0.2) is 8.78 Å². The number of hydrogen-bond donors (Lipinski definition) is 3. The normalized spacial score (nSPS) is 10.6. The van der Waals surface area contributed by atoms with Gasteiger partial charge in [0.15, 0.2) is 11.6 Å². The third-order valence-electron chi connectivity index (χ3n) is 4.12. The van der Waals surface area contributed by atoms with Crippen LogP contribution < -0.4 is 10.6 Å². The molecule has 0 aliphatic carbocycles. The zero-order valence-corrected chi connectivity index (χ0v) is 16.3. The van der Waals surface area contributed by atoms with Gasteiger partial charge in [0.05, 0.1) is 16.4 Å². The van der Waals surface area contributed by atoms with Gasteiger partial charge in [-0.15, -0.1) is 0 Å². The van der Waals surface area contributed by atoms with Gasteiger partial charge in [0.2, 0.25) is 0 Å². The standard InChI is InChI=1S/C20H12ClF4N3O3/c1-8-2-4-9(5-3-8)19(30)27-12-6-10(21)11(7-13(12)29)26-20(31)14-15(22)17(24)28-18(25)16(14)23/h2-7,29H,1H3,(H,26,31)(H,27,30). The van der Waals surface area contributed by atoms with E-state index in [-0.39, 0.29) is 16.4 Å². The predicted molar refractivity (Wildman–Crippen MR) is 104 cm³/mol. The van der Waals surface area contributed by atoms with Crippen molar-refractivity contribution in [1.29, 1.82) is 0 Å². The number of hydrogen-bond acceptors (Lipinski definition) is 4. The predicted octanol–water partition coefficient (Wildman–Crippen LogP) is 4.81. The summed E-state index contributed by atoms with van der Waals surface area (Å²) in [5, 5.41) is 14.2. The van der Waals surface area contributed by atoms with E-state index in [1.807, 2.05) is 12.2 Å². The van der Waals surface area contributed by atoms with Gasteiger partial charge >= 0.3 is 0 Å². The third-order valence-corrected chi connectivity index (χ3v) is 4.43. The molecule has 0 aliphatic rings. The molecule has 0 fully saturated rings. The lowest BCUT2D eigenvalue weighted by Gasteiger charge is -2.13. The molecule has 11 heteroatoms. The number of benzene rings is 2. The van der Waals surface area contributed by atoms with Crippen molar-refractivity contribution >= 4 is 34.8 Å². The number of nitrogens with zero attached hydrogens (tertiary/aromatic N) is 1. The lowest BCUT2D eigenvalue weighted by atomic mass is 10.1. The van der Waals surface area contributed by atoms with Crippen LogP contribution in [0.25, 0.3) is 0 Å². The van der Waals surface area contributed by atoms with Crippen LogP contribution in [0.1, 0.15) is 26.3 Å². The molecule has 0 radical (unpaired) electrons. The molecule has 6 nitrogen and oxygen atoms in total. The van der Waals surface area contributed by atoms with E-state index in [0.29, 0.717) is 5.56 Å². The Hall–Kier alpha value is -3.66. The Labute approximate surface area is 177 Å². The Kier molecular flexibility index (Phi) is 6.11. The van der Waals surface area contributed by atoms with Crippen molar-refractivity contribution in [1.82, 2.24) is 4.98 Å². The number of amides is 2. The van der Waals surface area contributed by atoms with Crippen molar-refractivity contribution in [2.45, 2.75) is 6.92 Å². The highest BCUT2D eigenvalue weighted by Gasteiger charge is 2.27. The van der Waals surface area contributed by atoms with Crippen LogP contribution in [0.4, 0.5) is 28.9 Å². The summed E-state index contributed by atoms with van der Waals surface area (Å²) in [6.07, 6.45) is 0. The Balaban J connectivity index is 1.85. The minimum Gasteiger partial charge on any atom is -0.506 e. The molecule has 0 atom stereocenters. The zero-order chi connectivity index (χ0) is 22.9. The average molecular weight is 454 g/mol. The molecule has 31 heavy (non-hydrogen) atoms. The average Bonchev–Trinajstić information content (AvgIpc) is 2.71. The number of nitrogens with one attached hydrogen (secondary N) is 2. The van der Waals surface area contributed by atoms with Gasteiger partial charge in [-0.3, -0.25) is 9.59 Å². The topological polar surface area (TPSA) is 91.3 Å². The van der Waals surface area contributed by atoms with Crippen molar-refractivity contribution < 1.29 is 32.3 Å². The molecule has 3 rings (SSSR count). The molecule has 3 aromatic rings. The first-order valence-electron chi connectivity index (χ1n) is 8.50. The molecule has 0 aliphatic heterocycles. The number of pyridine rings is 1. The molecular weight excluding hydrogens is 442 g/mol. The molecule has 0 saturated carbocycles. The fourth-order valence-corrected chi connectivity index (χ4v) is 2.74. The number of phenolic OH excluding ortho intramolecular Hbond substituents is 1. The fourth-order valence-electron chi connectivity index (χ4n) is 2.53. The third kappa shape index (κ3) is 4.58. The van der Waals surface area contributed by atoms with Gasteiger partial charge in [-0.2, -0.15) is 13.8 Å². The van der Waals surface area contributed by atoms with E-state index in [1.165, 1.54) is 0 Å². The Bertz CT molecular complexity index is 1180. The van der Waals surface area contributed by atoms with Crippen molar-refractivity contribution in [3.8, 4) is 5.75 Å². The number of carbonyl (C=O) groups excluding carboxylic acids is 2. The fraction of sp³-hybridized carbons (Fsp3) is 0.0500. The summed E-state index contributed by atoms with van der Waals surface area (Å²) in [5.41, 5.74) is -0.784.